The first-order valence-electron chi connectivity index (χ1n) is 8.63. The van der Waals surface area contributed by atoms with E-state index >= 15 is 0 Å². The minimum Gasteiger partial charge on any atom is -0.491 e. The molecule has 27 heavy (non-hydrogen) atoms. The number of aryl methyl sites for hydroxylation is 2. The zero-order valence-electron chi connectivity index (χ0n) is 16.3. The number of anilines is 1. The van der Waals surface area contributed by atoms with Crippen LogP contribution in [-0.4, -0.2) is 40.3 Å². The van der Waals surface area contributed by atoms with Gasteiger partial charge in [0.1, 0.15) is 12.4 Å². The summed E-state index contributed by atoms with van der Waals surface area (Å²) in [6.45, 7) is 5.99. The van der Waals surface area contributed by atoms with E-state index in [1.807, 2.05) is 38.1 Å². The minimum absolute atomic E-state index is 0.212. The summed E-state index contributed by atoms with van der Waals surface area (Å²) in [6, 6.07) is 12.5. The molecule has 2 aromatic carbocycles. The summed E-state index contributed by atoms with van der Waals surface area (Å²) in [6.07, 6.45) is 1.13. The number of rotatable bonds is 7. The Morgan fingerprint density at radius 1 is 1.15 bits per heavy atom. The highest BCUT2D eigenvalue weighted by atomic mass is 32.2. The van der Waals surface area contributed by atoms with Crippen molar-refractivity contribution in [2.75, 3.05) is 24.2 Å². The molecule has 0 aromatic heterocycles. The predicted octanol–water partition coefficient (Wildman–Crippen LogP) is 2.90. The lowest BCUT2D eigenvalue weighted by Gasteiger charge is -2.20. The summed E-state index contributed by atoms with van der Waals surface area (Å²) in [5, 5.41) is 2.87. The number of hydrogen-bond donors (Lipinski definition) is 1. The van der Waals surface area contributed by atoms with Crippen molar-refractivity contribution < 1.29 is 17.9 Å². The van der Waals surface area contributed by atoms with E-state index in [2.05, 4.69) is 5.32 Å². The van der Waals surface area contributed by atoms with Crippen molar-refractivity contribution >= 4 is 21.6 Å². The number of sulfonamides is 1. The molecule has 7 heteroatoms. The van der Waals surface area contributed by atoms with Crippen LogP contribution in [0.25, 0.3) is 0 Å². The first-order chi connectivity index (χ1) is 12.6. The molecule has 0 fully saturated rings. The molecule has 0 bridgehead atoms. The van der Waals surface area contributed by atoms with Gasteiger partial charge in [0.05, 0.1) is 18.0 Å². The second-order valence-electron chi connectivity index (χ2n) is 6.73. The van der Waals surface area contributed by atoms with Crippen LogP contribution in [0.2, 0.25) is 0 Å². The maximum atomic E-state index is 12.5. The molecule has 1 N–H and O–H groups in total. The molecule has 0 radical (unpaired) electrons. The number of nitrogens with one attached hydrogen (secondary N) is 1. The Kier molecular flexibility index (Phi) is 6.49. The average molecular weight is 391 g/mol. The minimum atomic E-state index is -3.40. The van der Waals surface area contributed by atoms with Gasteiger partial charge in [0, 0.05) is 12.6 Å². The summed E-state index contributed by atoms with van der Waals surface area (Å²) in [7, 11) is -1.94. The molecule has 0 saturated carbocycles. The largest absolute Gasteiger partial charge is 0.491 e. The molecule has 6 nitrogen and oxygen atoms in total. The number of carbonyl (C=O) groups is 1. The topological polar surface area (TPSA) is 75.7 Å². The molecule has 1 amide bonds. The summed E-state index contributed by atoms with van der Waals surface area (Å²) in [4.78, 5) is 12.5. The van der Waals surface area contributed by atoms with E-state index in [0.29, 0.717) is 17.9 Å². The SMILES string of the molecule is Cc1ccc(OCC(C)NC(=O)c2ccc(C)c(N(C)S(C)(=O)=O)c2)cc1. The van der Waals surface area contributed by atoms with E-state index in [-0.39, 0.29) is 11.9 Å². The fraction of sp³-hybridized carbons (Fsp3) is 0.350. The highest BCUT2D eigenvalue weighted by molar-refractivity contribution is 7.92. The number of hydrogen-bond acceptors (Lipinski definition) is 4. The van der Waals surface area contributed by atoms with E-state index in [0.717, 1.165) is 23.1 Å². The summed E-state index contributed by atoms with van der Waals surface area (Å²) in [5.41, 5.74) is 2.80. The Labute approximate surface area is 161 Å². The summed E-state index contributed by atoms with van der Waals surface area (Å²) >= 11 is 0. The molecule has 0 aliphatic rings. The number of carbonyl (C=O) groups excluding carboxylic acids is 1. The Balaban J connectivity index is 2.03. The first-order valence-corrected chi connectivity index (χ1v) is 10.5. The molecule has 1 unspecified atom stereocenters. The first kappa shape index (κ1) is 20.8. The highest BCUT2D eigenvalue weighted by Gasteiger charge is 2.17. The van der Waals surface area contributed by atoms with E-state index in [4.69, 9.17) is 4.74 Å². The van der Waals surface area contributed by atoms with Crippen LogP contribution in [0.5, 0.6) is 5.75 Å². The second kappa shape index (κ2) is 8.43. The zero-order chi connectivity index (χ0) is 20.2. The molecule has 0 spiro atoms. The van der Waals surface area contributed by atoms with Gasteiger partial charge in [-0.3, -0.25) is 9.10 Å². The maximum absolute atomic E-state index is 12.5. The lowest BCUT2D eigenvalue weighted by molar-refractivity contribution is 0.0926. The zero-order valence-corrected chi connectivity index (χ0v) is 17.1. The Morgan fingerprint density at radius 3 is 2.37 bits per heavy atom. The number of ether oxygens (including phenoxy) is 1. The maximum Gasteiger partial charge on any atom is 0.251 e. The number of benzene rings is 2. The molecular weight excluding hydrogens is 364 g/mol. The van der Waals surface area contributed by atoms with Crippen molar-refractivity contribution in [1.82, 2.24) is 5.32 Å². The van der Waals surface area contributed by atoms with Gasteiger partial charge in [0.25, 0.3) is 5.91 Å². The van der Waals surface area contributed by atoms with E-state index in [1.54, 1.807) is 25.1 Å². The van der Waals surface area contributed by atoms with Gasteiger partial charge in [0.15, 0.2) is 0 Å². The van der Waals surface area contributed by atoms with Crippen LogP contribution in [0.4, 0.5) is 5.69 Å². The predicted molar refractivity (Wildman–Crippen MR) is 108 cm³/mol. The third kappa shape index (κ3) is 5.72. The van der Waals surface area contributed by atoms with Gasteiger partial charge in [-0.2, -0.15) is 0 Å². The van der Waals surface area contributed by atoms with Crippen molar-refractivity contribution in [1.29, 1.82) is 0 Å². The molecule has 0 saturated heterocycles. The summed E-state index contributed by atoms with van der Waals surface area (Å²) in [5.74, 6) is 0.465. The van der Waals surface area contributed by atoms with Gasteiger partial charge < -0.3 is 10.1 Å². The van der Waals surface area contributed by atoms with Crippen molar-refractivity contribution in [2.45, 2.75) is 26.8 Å². The van der Waals surface area contributed by atoms with Gasteiger partial charge >= 0.3 is 0 Å². The lowest BCUT2D eigenvalue weighted by Crippen LogP contribution is -2.37. The van der Waals surface area contributed by atoms with Crippen LogP contribution in [0.1, 0.15) is 28.4 Å². The van der Waals surface area contributed by atoms with Gasteiger partial charge in [-0.1, -0.05) is 23.8 Å². The van der Waals surface area contributed by atoms with E-state index < -0.39 is 10.0 Å². The molecule has 1 atom stereocenters. The lowest BCUT2D eigenvalue weighted by atomic mass is 10.1. The molecule has 0 aliphatic carbocycles. The van der Waals surface area contributed by atoms with Crippen LogP contribution in [0, 0.1) is 13.8 Å². The molecule has 2 aromatic rings. The molecule has 0 heterocycles. The van der Waals surface area contributed by atoms with Crippen LogP contribution >= 0.6 is 0 Å². The van der Waals surface area contributed by atoms with E-state index in [9.17, 15) is 13.2 Å². The molecular formula is C20H26N2O4S. The van der Waals surface area contributed by atoms with E-state index in [1.165, 1.54) is 11.4 Å². The Bertz CT molecular complexity index is 908. The quantitative estimate of drug-likeness (QED) is 0.789. The Hall–Kier alpha value is -2.54. The highest BCUT2D eigenvalue weighted by Crippen LogP contribution is 2.22. The molecule has 0 aliphatic heterocycles. The van der Waals surface area contributed by atoms with Crippen molar-refractivity contribution in [3.8, 4) is 5.75 Å². The Morgan fingerprint density at radius 2 is 1.78 bits per heavy atom. The number of amides is 1. The smallest absolute Gasteiger partial charge is 0.251 e. The fourth-order valence-electron chi connectivity index (χ4n) is 2.47. The molecule has 146 valence electrons. The normalized spacial score (nSPS) is 12.3. The third-order valence-corrected chi connectivity index (χ3v) is 5.40. The van der Waals surface area contributed by atoms with Crippen LogP contribution in [0.3, 0.4) is 0 Å². The van der Waals surface area contributed by atoms with Crippen LogP contribution in [-0.2, 0) is 10.0 Å². The van der Waals surface area contributed by atoms with Gasteiger partial charge in [-0.05, 0) is 50.6 Å². The average Bonchev–Trinajstić information content (AvgIpc) is 2.60. The van der Waals surface area contributed by atoms with Crippen molar-refractivity contribution in [2.24, 2.45) is 0 Å². The standard InChI is InChI=1S/C20H26N2O4S/c1-14-6-10-18(11-7-14)26-13-16(3)21-20(23)17-9-8-15(2)19(12-17)22(4)27(5,24)25/h6-12,16H,13H2,1-5H3,(H,21,23). The van der Waals surface area contributed by atoms with Crippen LogP contribution < -0.4 is 14.4 Å². The van der Waals surface area contributed by atoms with Crippen molar-refractivity contribution in [3.05, 3.63) is 59.2 Å². The van der Waals surface area contributed by atoms with Gasteiger partial charge in [-0.15, -0.1) is 0 Å². The third-order valence-electron chi connectivity index (χ3n) is 4.21. The molecule has 2 rings (SSSR count). The fourth-order valence-corrected chi connectivity index (χ4v) is 3.03. The second-order valence-corrected chi connectivity index (χ2v) is 8.74. The van der Waals surface area contributed by atoms with Crippen molar-refractivity contribution in [3.63, 3.8) is 0 Å². The number of nitrogens with zero attached hydrogens (tertiary/aromatic N) is 1. The van der Waals surface area contributed by atoms with Gasteiger partial charge in [-0.25, -0.2) is 8.42 Å². The van der Waals surface area contributed by atoms with Crippen LogP contribution in [0.15, 0.2) is 42.5 Å². The summed E-state index contributed by atoms with van der Waals surface area (Å²) < 4.78 is 30.4. The van der Waals surface area contributed by atoms with Gasteiger partial charge in [0.2, 0.25) is 10.0 Å². The monoisotopic (exact) mass is 390 g/mol.